The molecule has 4 aromatic rings. The Balaban J connectivity index is 1.79. The van der Waals surface area contributed by atoms with E-state index in [1.807, 2.05) is 38.1 Å². The van der Waals surface area contributed by atoms with Gasteiger partial charge in [-0.05, 0) is 37.6 Å². The van der Waals surface area contributed by atoms with Crippen molar-refractivity contribution < 1.29 is 8.78 Å². The fraction of sp³-hybridized carbons (Fsp3) is 0.125. The number of pyridine rings is 2. The number of benzene rings is 1. The van der Waals surface area contributed by atoms with Crippen LogP contribution in [0.25, 0.3) is 21.8 Å². The maximum absolute atomic E-state index is 13.6. The zero-order valence-electron chi connectivity index (χ0n) is 17.2. The van der Waals surface area contributed by atoms with Crippen molar-refractivity contribution in [3.8, 4) is 23.0 Å². The van der Waals surface area contributed by atoms with Crippen molar-refractivity contribution in [1.29, 1.82) is 5.26 Å². The van der Waals surface area contributed by atoms with Crippen molar-refractivity contribution >= 4 is 5.69 Å². The lowest BCUT2D eigenvalue weighted by atomic mass is 9.83. The molecule has 0 aliphatic heterocycles. The minimum atomic E-state index is -0.981. The minimum Gasteiger partial charge on any atom is -0.252 e. The number of rotatable bonds is 4. The van der Waals surface area contributed by atoms with Crippen LogP contribution in [-0.2, 0) is 5.41 Å². The molecule has 4 rings (SSSR count). The van der Waals surface area contributed by atoms with E-state index < -0.39 is 17.3 Å². The van der Waals surface area contributed by atoms with Gasteiger partial charge in [-0.2, -0.15) is 24.1 Å². The Morgan fingerprint density at radius 3 is 2.44 bits per heavy atom. The van der Waals surface area contributed by atoms with Crippen molar-refractivity contribution in [3.05, 3.63) is 101 Å². The SMILES string of the molecule is [C-]#[N+]c1cccc(-c2cccc(C(C)(C)c3nn(-c4cc(F)nc(F)c4)cc3C#N)n2)c1. The number of nitrogens with zero attached hydrogens (tertiary/aromatic N) is 6. The maximum Gasteiger partial charge on any atom is 0.217 e. The van der Waals surface area contributed by atoms with Crippen LogP contribution in [0, 0.1) is 29.8 Å². The van der Waals surface area contributed by atoms with Gasteiger partial charge in [0.1, 0.15) is 6.07 Å². The summed E-state index contributed by atoms with van der Waals surface area (Å²) in [6.07, 6.45) is 1.42. The van der Waals surface area contributed by atoms with Crippen LogP contribution >= 0.6 is 0 Å². The Hall–Kier alpha value is -4.43. The van der Waals surface area contributed by atoms with Gasteiger partial charge < -0.3 is 0 Å². The predicted octanol–water partition coefficient (Wildman–Crippen LogP) is 5.36. The minimum absolute atomic E-state index is 0.117. The lowest BCUT2D eigenvalue weighted by Gasteiger charge is -2.23. The molecule has 3 heterocycles. The second-order valence-corrected chi connectivity index (χ2v) is 7.61. The first-order valence-electron chi connectivity index (χ1n) is 9.61. The van der Waals surface area contributed by atoms with Gasteiger partial charge in [0, 0.05) is 18.3 Å². The molecule has 0 radical (unpaired) electrons. The Morgan fingerprint density at radius 1 is 1.03 bits per heavy atom. The average molecular weight is 426 g/mol. The van der Waals surface area contributed by atoms with Crippen LogP contribution in [0.3, 0.4) is 0 Å². The molecule has 0 unspecified atom stereocenters. The van der Waals surface area contributed by atoms with Crippen molar-refractivity contribution in [2.75, 3.05) is 0 Å². The van der Waals surface area contributed by atoms with Crippen LogP contribution in [0.5, 0.6) is 0 Å². The molecular weight excluding hydrogens is 410 g/mol. The van der Waals surface area contributed by atoms with Gasteiger partial charge >= 0.3 is 0 Å². The molecule has 0 aliphatic carbocycles. The number of nitriles is 1. The smallest absolute Gasteiger partial charge is 0.217 e. The van der Waals surface area contributed by atoms with Gasteiger partial charge in [0.2, 0.25) is 11.9 Å². The van der Waals surface area contributed by atoms with Crippen molar-refractivity contribution in [1.82, 2.24) is 19.7 Å². The first-order valence-corrected chi connectivity index (χ1v) is 9.61. The normalized spacial score (nSPS) is 11.1. The average Bonchev–Trinajstić information content (AvgIpc) is 3.24. The Bertz CT molecular complexity index is 1390. The molecule has 0 saturated heterocycles. The van der Waals surface area contributed by atoms with Crippen LogP contribution in [0.15, 0.2) is 60.8 Å². The van der Waals surface area contributed by atoms with Crippen LogP contribution in [0.4, 0.5) is 14.5 Å². The number of aromatic nitrogens is 4. The first kappa shape index (κ1) is 20.8. The van der Waals surface area contributed by atoms with Crippen LogP contribution in [0.1, 0.15) is 30.8 Å². The molecular formula is C24H16F2N6. The third-order valence-corrected chi connectivity index (χ3v) is 5.10. The second-order valence-electron chi connectivity index (χ2n) is 7.61. The highest BCUT2D eigenvalue weighted by Crippen LogP contribution is 2.33. The van der Waals surface area contributed by atoms with Gasteiger partial charge in [-0.1, -0.05) is 24.3 Å². The summed E-state index contributed by atoms with van der Waals surface area (Å²) in [7, 11) is 0. The number of halogens is 2. The Labute approximate surface area is 183 Å². The van der Waals surface area contributed by atoms with Crippen molar-refractivity contribution in [3.63, 3.8) is 0 Å². The molecule has 8 heteroatoms. The molecule has 156 valence electrons. The zero-order valence-corrected chi connectivity index (χ0v) is 17.2. The fourth-order valence-electron chi connectivity index (χ4n) is 3.43. The van der Waals surface area contributed by atoms with E-state index in [1.165, 1.54) is 10.9 Å². The van der Waals surface area contributed by atoms with E-state index >= 15 is 0 Å². The van der Waals surface area contributed by atoms with E-state index in [0.29, 0.717) is 22.8 Å². The van der Waals surface area contributed by atoms with E-state index in [-0.39, 0.29) is 11.3 Å². The Kier molecular flexibility index (Phi) is 5.21. The van der Waals surface area contributed by atoms with Gasteiger partial charge in [-0.3, -0.25) is 4.98 Å². The van der Waals surface area contributed by atoms with Gasteiger partial charge in [0.15, 0.2) is 5.69 Å². The lowest BCUT2D eigenvalue weighted by molar-refractivity contribution is 0.509. The van der Waals surface area contributed by atoms with Crippen molar-refractivity contribution in [2.45, 2.75) is 19.3 Å². The molecule has 0 amide bonds. The van der Waals surface area contributed by atoms with Crippen LogP contribution in [0.2, 0.25) is 0 Å². The van der Waals surface area contributed by atoms with Gasteiger partial charge in [-0.25, -0.2) is 9.53 Å². The molecule has 3 aromatic heterocycles. The molecule has 0 bridgehead atoms. The molecule has 0 fully saturated rings. The maximum atomic E-state index is 13.6. The molecule has 32 heavy (non-hydrogen) atoms. The summed E-state index contributed by atoms with van der Waals surface area (Å²) in [4.78, 5) is 11.3. The van der Waals surface area contributed by atoms with E-state index in [0.717, 1.165) is 17.7 Å². The van der Waals surface area contributed by atoms with Gasteiger partial charge in [0.25, 0.3) is 0 Å². The molecule has 0 atom stereocenters. The highest BCUT2D eigenvalue weighted by Gasteiger charge is 2.31. The molecule has 0 saturated carbocycles. The summed E-state index contributed by atoms with van der Waals surface area (Å²) in [6, 6.07) is 16.8. The monoisotopic (exact) mass is 426 g/mol. The third-order valence-electron chi connectivity index (χ3n) is 5.10. The largest absolute Gasteiger partial charge is 0.252 e. The number of hydrogen-bond donors (Lipinski definition) is 0. The standard InChI is InChI=1S/C24H16F2N6/c1-24(2,20-9-5-8-19(29-20)15-6-4-7-17(10-15)28-3)23-16(13-27)14-32(31-23)18-11-21(25)30-22(26)12-18/h4-12,14H,1-2H3. The first-order chi connectivity index (χ1) is 15.3. The van der Waals surface area contributed by atoms with Crippen LogP contribution < -0.4 is 0 Å². The summed E-state index contributed by atoms with van der Waals surface area (Å²) in [6.45, 7) is 11.0. The summed E-state index contributed by atoms with van der Waals surface area (Å²) < 4.78 is 28.4. The third kappa shape index (κ3) is 3.82. The molecule has 0 aliphatic rings. The topological polar surface area (TPSA) is 71.8 Å². The lowest BCUT2D eigenvalue weighted by Crippen LogP contribution is -2.23. The summed E-state index contributed by atoms with van der Waals surface area (Å²) >= 11 is 0. The Morgan fingerprint density at radius 2 is 1.75 bits per heavy atom. The summed E-state index contributed by atoms with van der Waals surface area (Å²) in [5.41, 5.74) is 2.63. The van der Waals surface area contributed by atoms with E-state index in [4.69, 9.17) is 11.6 Å². The molecule has 6 nitrogen and oxygen atoms in total. The van der Waals surface area contributed by atoms with E-state index in [1.54, 1.807) is 18.2 Å². The fourth-order valence-corrected chi connectivity index (χ4v) is 3.43. The predicted molar refractivity (Wildman–Crippen MR) is 114 cm³/mol. The number of hydrogen-bond acceptors (Lipinski definition) is 4. The highest BCUT2D eigenvalue weighted by molar-refractivity contribution is 5.65. The van der Waals surface area contributed by atoms with Crippen molar-refractivity contribution in [2.24, 2.45) is 0 Å². The summed E-state index contributed by atoms with van der Waals surface area (Å²) in [5, 5.41) is 14.1. The van der Waals surface area contributed by atoms with E-state index in [9.17, 15) is 14.0 Å². The second kappa shape index (κ2) is 8.01. The van der Waals surface area contributed by atoms with Crippen LogP contribution in [-0.4, -0.2) is 19.7 Å². The molecule has 0 N–H and O–H groups in total. The quantitative estimate of drug-likeness (QED) is 0.326. The molecule has 1 aromatic carbocycles. The summed E-state index contributed by atoms with van der Waals surface area (Å²) in [5.74, 6) is -1.96. The van der Waals surface area contributed by atoms with Gasteiger partial charge in [-0.15, -0.1) is 0 Å². The van der Waals surface area contributed by atoms with E-state index in [2.05, 4.69) is 21.0 Å². The highest BCUT2D eigenvalue weighted by atomic mass is 19.1. The molecule has 0 spiro atoms. The van der Waals surface area contributed by atoms with Gasteiger partial charge in [0.05, 0.1) is 40.3 Å². The zero-order chi connectivity index (χ0) is 22.9.